The van der Waals surface area contributed by atoms with Crippen LogP contribution in [0.25, 0.3) is 11.6 Å². The molecule has 2 heterocycles. The largest absolute Gasteiger partial charge is 0.329 e. The van der Waals surface area contributed by atoms with Crippen LogP contribution in [0, 0.1) is 0 Å². The molecule has 5 nitrogen and oxygen atoms in total. The van der Waals surface area contributed by atoms with E-state index in [0.29, 0.717) is 5.57 Å². The van der Waals surface area contributed by atoms with Crippen LogP contribution in [0.4, 0.5) is 8.78 Å². The predicted octanol–water partition coefficient (Wildman–Crippen LogP) is 3.24. The normalized spacial score (nSPS) is 15.3. The van der Waals surface area contributed by atoms with Gasteiger partial charge in [0.05, 0.1) is 30.7 Å². The van der Waals surface area contributed by atoms with E-state index in [0.717, 1.165) is 9.47 Å². The summed E-state index contributed by atoms with van der Waals surface area (Å²) in [5, 5.41) is 0.272. The van der Waals surface area contributed by atoms with E-state index in [1.807, 2.05) is 0 Å². The van der Waals surface area contributed by atoms with Crippen LogP contribution in [-0.2, 0) is 11.3 Å². The van der Waals surface area contributed by atoms with Gasteiger partial charge in [0.1, 0.15) is 6.54 Å². The molecule has 27 heavy (non-hydrogen) atoms. The van der Waals surface area contributed by atoms with Crippen molar-refractivity contribution in [3.05, 3.63) is 77.0 Å². The lowest BCUT2D eigenvalue weighted by Gasteiger charge is -2.38. The number of amides is 1. The molecular weight excluding hydrogens is 376 g/mol. The van der Waals surface area contributed by atoms with Gasteiger partial charge in [-0.1, -0.05) is 44.0 Å². The van der Waals surface area contributed by atoms with E-state index >= 15 is 0 Å². The van der Waals surface area contributed by atoms with Gasteiger partial charge >= 0.3 is 0 Å². The third-order valence-electron chi connectivity index (χ3n) is 3.92. The third-order valence-corrected chi connectivity index (χ3v) is 4.04. The van der Waals surface area contributed by atoms with Crippen LogP contribution in [0.1, 0.15) is 11.3 Å². The fraction of sp³-hybridized carbons (Fsp3) is 0.211. The van der Waals surface area contributed by atoms with Gasteiger partial charge in [-0.25, -0.2) is 13.8 Å². The smallest absolute Gasteiger partial charge is 0.282 e. The van der Waals surface area contributed by atoms with Gasteiger partial charge in [-0.05, 0) is 23.3 Å². The second-order valence-electron chi connectivity index (χ2n) is 6.03. The molecule has 0 atom stereocenters. The first-order chi connectivity index (χ1) is 12.6. The maximum atomic E-state index is 12.9. The zero-order valence-electron chi connectivity index (χ0n) is 14.6. The maximum absolute atomic E-state index is 12.9. The van der Waals surface area contributed by atoms with Crippen LogP contribution in [0.3, 0.4) is 0 Å². The molecule has 2 rings (SSSR count). The van der Waals surface area contributed by atoms with Crippen molar-refractivity contribution in [2.24, 2.45) is 0 Å². The van der Waals surface area contributed by atoms with Gasteiger partial charge in [0.15, 0.2) is 0 Å². The number of alkyl halides is 2. The fourth-order valence-corrected chi connectivity index (χ4v) is 2.50. The molecule has 0 radical (unpaired) electrons. The van der Waals surface area contributed by atoms with Gasteiger partial charge in [-0.3, -0.25) is 14.2 Å². The Hall–Kier alpha value is -2.80. The van der Waals surface area contributed by atoms with Crippen LogP contribution in [-0.4, -0.2) is 39.4 Å². The Labute approximate surface area is 160 Å². The van der Waals surface area contributed by atoms with Crippen molar-refractivity contribution in [2.75, 3.05) is 13.1 Å². The van der Waals surface area contributed by atoms with Crippen molar-refractivity contribution in [3.63, 3.8) is 0 Å². The number of aromatic nitrogens is 2. The summed E-state index contributed by atoms with van der Waals surface area (Å²) < 4.78 is 26.9. The van der Waals surface area contributed by atoms with Crippen LogP contribution in [0.5, 0.6) is 0 Å². The number of likely N-dealkylation sites (tertiary alicyclic amines) is 1. The van der Waals surface area contributed by atoms with Crippen LogP contribution < -0.4 is 5.56 Å². The highest BCUT2D eigenvalue weighted by Gasteiger charge is 2.46. The Bertz CT molecular complexity index is 923. The number of hydrogen-bond donors (Lipinski definition) is 0. The number of halogens is 3. The molecule has 142 valence electrons. The fourth-order valence-electron chi connectivity index (χ4n) is 2.44. The molecule has 0 saturated carbocycles. The molecule has 1 saturated heterocycles. The molecule has 0 spiro atoms. The number of allylic oxidation sites excluding steroid dienone is 5. The number of rotatable bonds is 7. The highest BCUT2D eigenvalue weighted by Crippen LogP contribution is 2.26. The summed E-state index contributed by atoms with van der Waals surface area (Å²) in [5.74, 6) is -3.47. The number of carbonyl (C=O) groups is 1. The monoisotopic (exact) mass is 393 g/mol. The first-order valence-corrected chi connectivity index (χ1v) is 8.22. The molecule has 0 unspecified atom stereocenters. The van der Waals surface area contributed by atoms with Crippen molar-refractivity contribution in [3.8, 4) is 0 Å². The molecule has 1 fully saturated rings. The highest BCUT2D eigenvalue weighted by atomic mass is 35.5. The van der Waals surface area contributed by atoms with E-state index in [1.54, 1.807) is 0 Å². The van der Waals surface area contributed by atoms with Crippen LogP contribution >= 0.6 is 11.6 Å². The minimum Gasteiger partial charge on any atom is -0.329 e. The van der Waals surface area contributed by atoms with Gasteiger partial charge < -0.3 is 4.90 Å². The summed E-state index contributed by atoms with van der Waals surface area (Å²) in [6, 6.07) is 0. The van der Waals surface area contributed by atoms with E-state index in [2.05, 4.69) is 31.3 Å². The van der Waals surface area contributed by atoms with Gasteiger partial charge in [0.25, 0.3) is 11.5 Å². The van der Waals surface area contributed by atoms with Crippen molar-refractivity contribution in [1.29, 1.82) is 0 Å². The number of carbonyl (C=O) groups excluding carboxylic acids is 1. The average molecular weight is 394 g/mol. The zero-order valence-corrected chi connectivity index (χ0v) is 15.3. The van der Waals surface area contributed by atoms with Gasteiger partial charge in [-0.15, -0.1) is 0 Å². The van der Waals surface area contributed by atoms with Gasteiger partial charge in [0, 0.05) is 5.03 Å². The standard InChI is InChI=1S/C19H18ClF2N3O2/c1-5-15-17(14(4)12(2)6-7-13(3)20)18(27)24(11-23-15)8-16(26)25-9-19(21,22)10-25/h5-7,11H,1-4,8-10H2/b7-6-. The molecule has 1 amide bonds. The summed E-state index contributed by atoms with van der Waals surface area (Å²) in [7, 11) is 0. The SMILES string of the molecule is C=Cc1ncn(CC(=O)N2CC(F)(F)C2)c(=O)c1C(=C)C(=C)/C=C\C(=C)Cl. The van der Waals surface area contributed by atoms with Crippen molar-refractivity contribution >= 4 is 29.2 Å². The summed E-state index contributed by atoms with van der Waals surface area (Å²) in [6.07, 6.45) is 5.58. The van der Waals surface area contributed by atoms with Gasteiger partial charge in [-0.2, -0.15) is 0 Å². The maximum Gasteiger partial charge on any atom is 0.282 e. The first kappa shape index (κ1) is 20.5. The van der Waals surface area contributed by atoms with E-state index in [4.69, 9.17) is 11.6 Å². The third kappa shape index (κ3) is 4.68. The summed E-state index contributed by atoms with van der Waals surface area (Å²) in [6.45, 7) is 13.1. The molecule has 0 N–H and O–H groups in total. The molecular formula is C19H18ClF2N3O2. The molecule has 1 aromatic rings. The number of hydrogen-bond acceptors (Lipinski definition) is 3. The summed E-state index contributed by atoms with van der Waals surface area (Å²) in [4.78, 5) is 30.0. The lowest BCUT2D eigenvalue weighted by atomic mass is 9.99. The molecule has 1 aromatic heterocycles. The van der Waals surface area contributed by atoms with E-state index in [1.165, 1.54) is 24.6 Å². The Morgan fingerprint density at radius 3 is 2.44 bits per heavy atom. The average Bonchev–Trinajstić information content (AvgIpc) is 2.58. The molecule has 8 heteroatoms. The van der Waals surface area contributed by atoms with E-state index < -0.39 is 37.0 Å². The second-order valence-corrected chi connectivity index (χ2v) is 6.52. The Balaban J connectivity index is 2.31. The Morgan fingerprint density at radius 2 is 1.93 bits per heavy atom. The molecule has 0 aromatic carbocycles. The molecule has 1 aliphatic rings. The lowest BCUT2D eigenvalue weighted by Crippen LogP contribution is -2.59. The zero-order chi connectivity index (χ0) is 20.4. The second kappa shape index (κ2) is 7.84. The van der Waals surface area contributed by atoms with Crippen LogP contribution in [0.15, 0.2) is 60.2 Å². The quantitative estimate of drug-likeness (QED) is 0.668. The Morgan fingerprint density at radius 1 is 1.30 bits per heavy atom. The minimum atomic E-state index is -2.87. The molecule has 0 bridgehead atoms. The van der Waals surface area contributed by atoms with Crippen molar-refractivity contribution < 1.29 is 13.6 Å². The van der Waals surface area contributed by atoms with E-state index in [9.17, 15) is 18.4 Å². The predicted molar refractivity (Wildman–Crippen MR) is 102 cm³/mol. The van der Waals surface area contributed by atoms with Gasteiger partial charge in [0.2, 0.25) is 5.91 Å². The first-order valence-electron chi connectivity index (χ1n) is 7.84. The van der Waals surface area contributed by atoms with Crippen LogP contribution in [0.2, 0.25) is 0 Å². The lowest BCUT2D eigenvalue weighted by molar-refractivity contribution is -0.166. The molecule has 0 aliphatic carbocycles. The van der Waals surface area contributed by atoms with Crippen molar-refractivity contribution in [1.82, 2.24) is 14.5 Å². The summed E-state index contributed by atoms with van der Waals surface area (Å²) in [5.41, 5.74) is 0.497. The summed E-state index contributed by atoms with van der Waals surface area (Å²) >= 11 is 5.67. The van der Waals surface area contributed by atoms with E-state index in [-0.39, 0.29) is 21.9 Å². The van der Waals surface area contributed by atoms with Crippen molar-refractivity contribution in [2.45, 2.75) is 12.5 Å². The Kier molecular flexibility index (Phi) is 5.95. The topological polar surface area (TPSA) is 55.2 Å². The number of nitrogens with zero attached hydrogens (tertiary/aromatic N) is 3. The molecule has 1 aliphatic heterocycles. The minimum absolute atomic E-state index is 0.115. The highest BCUT2D eigenvalue weighted by molar-refractivity contribution is 6.30.